The molecule has 144 valence electrons. The van der Waals surface area contributed by atoms with E-state index in [2.05, 4.69) is 10.6 Å². The maximum Gasteiger partial charge on any atom is 0.255 e. The largest absolute Gasteiger partial charge is 0.493 e. The van der Waals surface area contributed by atoms with E-state index in [-0.39, 0.29) is 5.91 Å². The van der Waals surface area contributed by atoms with Crippen molar-refractivity contribution in [3.8, 4) is 11.5 Å². The van der Waals surface area contributed by atoms with E-state index in [9.17, 15) is 13.6 Å². The molecule has 0 heterocycles. The van der Waals surface area contributed by atoms with Crippen LogP contribution in [0.5, 0.6) is 11.5 Å². The standard InChI is InChI=1S/C21H18F2N2O3/c1-27-19-10-3-13(11-20(19)28-2)21(26)25-15-6-4-14(5-7-15)24-16-8-9-17(22)18(23)12-16/h3-12,24H,1-2H3,(H,25,26). The van der Waals surface area contributed by atoms with Gasteiger partial charge in [-0.1, -0.05) is 0 Å². The molecule has 0 aliphatic heterocycles. The summed E-state index contributed by atoms with van der Waals surface area (Å²) in [5, 5.41) is 5.74. The van der Waals surface area contributed by atoms with Crippen LogP contribution in [0.2, 0.25) is 0 Å². The molecule has 0 fully saturated rings. The van der Waals surface area contributed by atoms with Crippen molar-refractivity contribution in [3.05, 3.63) is 77.9 Å². The van der Waals surface area contributed by atoms with Crippen LogP contribution in [0, 0.1) is 11.6 Å². The van der Waals surface area contributed by atoms with Crippen LogP contribution in [0.1, 0.15) is 10.4 Å². The fraction of sp³-hybridized carbons (Fsp3) is 0.0952. The lowest BCUT2D eigenvalue weighted by Gasteiger charge is -2.11. The van der Waals surface area contributed by atoms with Crippen LogP contribution in [0.25, 0.3) is 0 Å². The summed E-state index contributed by atoms with van der Waals surface area (Å²) >= 11 is 0. The summed E-state index contributed by atoms with van der Waals surface area (Å²) in [6.45, 7) is 0. The molecule has 0 aromatic heterocycles. The first-order chi connectivity index (χ1) is 13.5. The number of hydrogen-bond donors (Lipinski definition) is 2. The summed E-state index contributed by atoms with van der Waals surface area (Å²) in [5.41, 5.74) is 2.08. The van der Waals surface area contributed by atoms with Crippen molar-refractivity contribution in [2.45, 2.75) is 0 Å². The zero-order valence-corrected chi connectivity index (χ0v) is 15.3. The molecule has 7 heteroatoms. The molecule has 0 radical (unpaired) electrons. The Morgan fingerprint density at radius 3 is 2.04 bits per heavy atom. The van der Waals surface area contributed by atoms with Gasteiger partial charge in [-0.05, 0) is 54.6 Å². The van der Waals surface area contributed by atoms with Crippen LogP contribution < -0.4 is 20.1 Å². The van der Waals surface area contributed by atoms with Crippen molar-refractivity contribution < 1.29 is 23.0 Å². The van der Waals surface area contributed by atoms with Crippen LogP contribution in [0.3, 0.4) is 0 Å². The molecule has 2 N–H and O–H groups in total. The van der Waals surface area contributed by atoms with E-state index in [1.54, 1.807) is 42.5 Å². The topological polar surface area (TPSA) is 59.6 Å². The fourth-order valence-corrected chi connectivity index (χ4v) is 2.56. The van der Waals surface area contributed by atoms with Gasteiger partial charge in [-0.15, -0.1) is 0 Å². The highest BCUT2D eigenvalue weighted by molar-refractivity contribution is 6.04. The number of benzene rings is 3. The van der Waals surface area contributed by atoms with Gasteiger partial charge in [-0.3, -0.25) is 4.79 Å². The number of amides is 1. The van der Waals surface area contributed by atoms with Crippen molar-refractivity contribution in [2.75, 3.05) is 24.9 Å². The van der Waals surface area contributed by atoms with Gasteiger partial charge in [-0.2, -0.15) is 0 Å². The van der Waals surface area contributed by atoms with Crippen molar-refractivity contribution in [1.29, 1.82) is 0 Å². The Labute approximate surface area is 160 Å². The van der Waals surface area contributed by atoms with Gasteiger partial charge in [0.15, 0.2) is 23.1 Å². The number of hydrogen-bond acceptors (Lipinski definition) is 4. The molecule has 3 rings (SSSR count). The van der Waals surface area contributed by atoms with E-state index < -0.39 is 11.6 Å². The lowest BCUT2D eigenvalue weighted by molar-refractivity contribution is 0.102. The second kappa shape index (κ2) is 8.39. The van der Waals surface area contributed by atoms with E-state index in [0.717, 1.165) is 12.1 Å². The molecule has 0 bridgehead atoms. The van der Waals surface area contributed by atoms with E-state index in [0.29, 0.717) is 34.1 Å². The average Bonchev–Trinajstić information content (AvgIpc) is 2.71. The number of rotatable bonds is 6. The third kappa shape index (κ3) is 4.37. The van der Waals surface area contributed by atoms with Gasteiger partial charge in [-0.25, -0.2) is 8.78 Å². The first-order valence-corrected chi connectivity index (χ1v) is 8.35. The number of anilines is 3. The molecule has 5 nitrogen and oxygen atoms in total. The number of methoxy groups -OCH3 is 2. The Balaban J connectivity index is 1.68. The smallest absolute Gasteiger partial charge is 0.255 e. The van der Waals surface area contributed by atoms with Crippen molar-refractivity contribution in [1.82, 2.24) is 0 Å². The van der Waals surface area contributed by atoms with Gasteiger partial charge in [0.05, 0.1) is 14.2 Å². The molecular weight excluding hydrogens is 366 g/mol. The summed E-state index contributed by atoms with van der Waals surface area (Å²) in [6, 6.07) is 15.3. The molecule has 3 aromatic carbocycles. The Morgan fingerprint density at radius 1 is 0.750 bits per heavy atom. The molecule has 0 unspecified atom stereocenters. The van der Waals surface area contributed by atoms with Crippen molar-refractivity contribution >= 4 is 23.0 Å². The summed E-state index contributed by atoms with van der Waals surface area (Å²) in [5.74, 6) is -1.14. The maximum absolute atomic E-state index is 13.3. The SMILES string of the molecule is COc1ccc(C(=O)Nc2ccc(Nc3ccc(F)c(F)c3)cc2)cc1OC. The Bertz CT molecular complexity index is 991. The highest BCUT2D eigenvalue weighted by Crippen LogP contribution is 2.28. The van der Waals surface area contributed by atoms with E-state index in [1.165, 1.54) is 20.3 Å². The lowest BCUT2D eigenvalue weighted by Crippen LogP contribution is -2.12. The molecule has 0 saturated carbocycles. The van der Waals surface area contributed by atoms with E-state index in [4.69, 9.17) is 9.47 Å². The van der Waals surface area contributed by atoms with Crippen molar-refractivity contribution in [2.24, 2.45) is 0 Å². The zero-order chi connectivity index (χ0) is 20.1. The van der Waals surface area contributed by atoms with Crippen LogP contribution in [-0.2, 0) is 0 Å². The summed E-state index contributed by atoms with van der Waals surface area (Å²) in [6.07, 6.45) is 0. The predicted octanol–water partition coefficient (Wildman–Crippen LogP) is 4.98. The maximum atomic E-state index is 13.3. The Kier molecular flexibility index (Phi) is 5.74. The van der Waals surface area contributed by atoms with Crippen LogP contribution in [0.4, 0.5) is 25.8 Å². The second-order valence-electron chi connectivity index (χ2n) is 5.86. The molecule has 0 aliphatic carbocycles. The highest BCUT2D eigenvalue weighted by atomic mass is 19.2. The van der Waals surface area contributed by atoms with Gasteiger partial charge in [0.25, 0.3) is 5.91 Å². The summed E-state index contributed by atoms with van der Waals surface area (Å²) in [7, 11) is 3.02. The highest BCUT2D eigenvalue weighted by Gasteiger charge is 2.11. The summed E-state index contributed by atoms with van der Waals surface area (Å²) in [4.78, 5) is 12.4. The minimum absolute atomic E-state index is 0.303. The molecule has 1 amide bonds. The molecule has 28 heavy (non-hydrogen) atoms. The fourth-order valence-electron chi connectivity index (χ4n) is 2.56. The lowest BCUT2D eigenvalue weighted by atomic mass is 10.1. The van der Waals surface area contributed by atoms with Crippen molar-refractivity contribution in [3.63, 3.8) is 0 Å². The number of carbonyl (C=O) groups is 1. The third-order valence-corrected chi connectivity index (χ3v) is 4.00. The van der Waals surface area contributed by atoms with Crippen LogP contribution in [0.15, 0.2) is 60.7 Å². The second-order valence-corrected chi connectivity index (χ2v) is 5.86. The number of carbonyl (C=O) groups excluding carboxylic acids is 1. The summed E-state index contributed by atoms with van der Waals surface area (Å²) < 4.78 is 36.6. The quantitative estimate of drug-likeness (QED) is 0.629. The minimum Gasteiger partial charge on any atom is -0.493 e. The molecular formula is C21H18F2N2O3. The molecule has 0 atom stereocenters. The monoisotopic (exact) mass is 384 g/mol. The van der Waals surface area contributed by atoms with Gasteiger partial charge in [0.1, 0.15) is 0 Å². The van der Waals surface area contributed by atoms with Gasteiger partial charge < -0.3 is 20.1 Å². The van der Waals surface area contributed by atoms with Gasteiger partial charge in [0.2, 0.25) is 0 Å². The first kappa shape index (κ1) is 19.2. The van der Waals surface area contributed by atoms with Crippen LogP contribution >= 0.6 is 0 Å². The third-order valence-electron chi connectivity index (χ3n) is 4.00. The molecule has 0 aliphatic rings. The van der Waals surface area contributed by atoms with E-state index in [1.807, 2.05) is 0 Å². The normalized spacial score (nSPS) is 10.3. The molecule has 0 saturated heterocycles. The molecule has 3 aromatic rings. The zero-order valence-electron chi connectivity index (χ0n) is 15.3. The Hall–Kier alpha value is -3.61. The number of nitrogens with one attached hydrogen (secondary N) is 2. The van der Waals surface area contributed by atoms with Gasteiger partial charge >= 0.3 is 0 Å². The van der Waals surface area contributed by atoms with E-state index >= 15 is 0 Å². The Morgan fingerprint density at radius 2 is 1.39 bits per heavy atom. The average molecular weight is 384 g/mol. The van der Waals surface area contributed by atoms with Crippen LogP contribution in [-0.4, -0.2) is 20.1 Å². The number of halogens is 2. The number of ether oxygens (including phenoxy) is 2. The first-order valence-electron chi connectivity index (χ1n) is 8.35. The van der Waals surface area contributed by atoms with Gasteiger partial charge in [0, 0.05) is 28.7 Å². The minimum atomic E-state index is -0.927. The molecule has 0 spiro atoms. The predicted molar refractivity (Wildman–Crippen MR) is 104 cm³/mol.